The van der Waals surface area contributed by atoms with E-state index in [-0.39, 0.29) is 33.1 Å². The molecule has 1 heterocycles. The maximum atomic E-state index is 13.1. The van der Waals surface area contributed by atoms with Gasteiger partial charge in [0.2, 0.25) is 0 Å². The molecule has 2 N–H and O–H groups in total. The summed E-state index contributed by atoms with van der Waals surface area (Å²) < 4.78 is 0.0852. The smallest absolute Gasteiger partial charge is 0.154 e. The minimum atomic E-state index is -0.400. The molecule has 1 aliphatic carbocycles. The predicted molar refractivity (Wildman–Crippen MR) is 122 cm³/mol. The number of nitrogens with two attached hydrogens (primary N) is 1. The van der Waals surface area contributed by atoms with Crippen LogP contribution in [0.15, 0.2) is 0 Å². The van der Waals surface area contributed by atoms with Crippen molar-refractivity contribution in [2.75, 3.05) is 5.75 Å². The van der Waals surface area contributed by atoms with Crippen LogP contribution in [-0.4, -0.2) is 44.4 Å². The lowest BCUT2D eigenvalue weighted by Gasteiger charge is -2.36. The Morgan fingerprint density at radius 1 is 0.964 bits per heavy atom. The second kappa shape index (κ2) is 9.84. The zero-order valence-corrected chi connectivity index (χ0v) is 20.3. The van der Waals surface area contributed by atoms with Gasteiger partial charge >= 0.3 is 0 Å². The molecule has 162 valence electrons. The number of carbonyl (C=O) groups is 2. The number of carbonyl (C=O) groups excluding carboxylic acids is 2. The summed E-state index contributed by atoms with van der Waals surface area (Å²) in [5.74, 6) is 0.967. The Kier molecular flexibility index (Phi) is 8.52. The monoisotopic (exact) mass is 428 g/mol. The number of rotatable bonds is 5. The molecule has 6 heteroatoms. The van der Waals surface area contributed by atoms with Crippen LogP contribution in [0.2, 0.25) is 0 Å². The van der Waals surface area contributed by atoms with Crippen molar-refractivity contribution in [1.29, 1.82) is 0 Å². The average molecular weight is 429 g/mol. The molecule has 0 spiro atoms. The second-order valence-corrected chi connectivity index (χ2v) is 13.0. The zero-order chi connectivity index (χ0) is 21.1. The fourth-order valence-corrected chi connectivity index (χ4v) is 7.43. The topological polar surface area (TPSA) is 63.4 Å². The van der Waals surface area contributed by atoms with Crippen molar-refractivity contribution in [3.05, 3.63) is 0 Å². The summed E-state index contributed by atoms with van der Waals surface area (Å²) in [6.07, 6.45) is 8.41. The molecule has 0 radical (unpaired) electrons. The lowest BCUT2D eigenvalue weighted by Crippen LogP contribution is -2.53. The highest BCUT2D eigenvalue weighted by Gasteiger charge is 2.48. The molecular weight excluding hydrogens is 388 g/mol. The molecule has 0 aromatic heterocycles. The third-order valence-electron chi connectivity index (χ3n) is 5.85. The molecule has 0 bridgehead atoms. The van der Waals surface area contributed by atoms with Crippen molar-refractivity contribution in [1.82, 2.24) is 4.90 Å². The van der Waals surface area contributed by atoms with Crippen LogP contribution in [0.25, 0.3) is 0 Å². The van der Waals surface area contributed by atoms with E-state index in [1.165, 1.54) is 32.1 Å². The Balaban J connectivity index is 2.19. The van der Waals surface area contributed by atoms with Crippen molar-refractivity contribution in [3.63, 3.8) is 0 Å². The number of Topliss-reactive ketones (excluding diaryl/α,β-unsaturated/α-hetero) is 2. The lowest BCUT2D eigenvalue weighted by molar-refractivity contribution is -0.126. The number of hydrogen-bond donors (Lipinski definition) is 1. The van der Waals surface area contributed by atoms with Crippen LogP contribution in [0.1, 0.15) is 86.5 Å². The van der Waals surface area contributed by atoms with Crippen LogP contribution in [0.4, 0.5) is 0 Å². The van der Waals surface area contributed by atoms with Crippen LogP contribution in [0, 0.1) is 10.8 Å². The quantitative estimate of drug-likeness (QED) is 0.661. The first-order valence-corrected chi connectivity index (χ1v) is 12.8. The number of hydrogen-bond acceptors (Lipinski definition) is 6. The van der Waals surface area contributed by atoms with Gasteiger partial charge < -0.3 is 5.73 Å². The molecule has 1 saturated carbocycles. The fraction of sp³-hybridized carbons (Fsp3) is 0.909. The SMILES string of the molecule is CC(C)(C)C(=O)CSC1SC(C(=O)C(C)(C)C)C(N)N1C1CCCCCCC1. The van der Waals surface area contributed by atoms with E-state index in [1.807, 2.05) is 41.5 Å². The van der Waals surface area contributed by atoms with Gasteiger partial charge in [0.1, 0.15) is 10.5 Å². The minimum absolute atomic E-state index is 0.0852. The summed E-state index contributed by atoms with van der Waals surface area (Å²) in [5.41, 5.74) is 5.98. The summed E-state index contributed by atoms with van der Waals surface area (Å²) in [4.78, 5) is 28.0. The lowest BCUT2D eigenvalue weighted by atomic mass is 9.87. The normalized spacial score (nSPS) is 28.8. The molecule has 4 nitrogen and oxygen atoms in total. The predicted octanol–water partition coefficient (Wildman–Crippen LogP) is 5.05. The first-order chi connectivity index (χ1) is 12.9. The van der Waals surface area contributed by atoms with E-state index >= 15 is 0 Å². The van der Waals surface area contributed by atoms with E-state index in [9.17, 15) is 9.59 Å². The van der Waals surface area contributed by atoms with E-state index in [4.69, 9.17) is 5.73 Å². The number of ketones is 2. The van der Waals surface area contributed by atoms with E-state index < -0.39 is 5.41 Å². The van der Waals surface area contributed by atoms with E-state index in [0.29, 0.717) is 11.8 Å². The molecule has 2 rings (SSSR count). The van der Waals surface area contributed by atoms with Gasteiger partial charge in [0.25, 0.3) is 0 Å². The molecule has 3 unspecified atom stereocenters. The Morgan fingerprint density at radius 3 is 2.00 bits per heavy atom. The third kappa shape index (κ3) is 6.23. The molecule has 0 aromatic rings. The standard InChI is InChI=1S/C22H40N2O2S2/c1-21(2,3)16(25)14-27-20-24(15-12-10-8-7-9-11-13-15)19(23)17(28-20)18(26)22(4,5)6/h15,17,19-20H,7-14,23H2,1-6H3. The van der Waals surface area contributed by atoms with E-state index in [1.54, 1.807) is 23.5 Å². The van der Waals surface area contributed by atoms with Crippen molar-refractivity contribution in [2.45, 2.75) is 109 Å². The first-order valence-electron chi connectivity index (χ1n) is 10.8. The van der Waals surface area contributed by atoms with Gasteiger partial charge in [-0.1, -0.05) is 73.6 Å². The van der Waals surface area contributed by atoms with Crippen molar-refractivity contribution >= 4 is 35.1 Å². The average Bonchev–Trinajstić information content (AvgIpc) is 2.86. The van der Waals surface area contributed by atoms with Gasteiger partial charge in [0.15, 0.2) is 5.78 Å². The van der Waals surface area contributed by atoms with Crippen molar-refractivity contribution in [3.8, 4) is 0 Å². The Morgan fingerprint density at radius 2 is 1.50 bits per heavy atom. The second-order valence-electron chi connectivity index (χ2n) is 10.4. The van der Waals surface area contributed by atoms with Crippen molar-refractivity contribution in [2.24, 2.45) is 16.6 Å². The molecule has 1 aliphatic heterocycles. The maximum Gasteiger partial charge on any atom is 0.154 e. The highest BCUT2D eigenvalue weighted by Crippen LogP contribution is 2.45. The highest BCUT2D eigenvalue weighted by molar-refractivity contribution is 8.18. The van der Waals surface area contributed by atoms with E-state index in [0.717, 1.165) is 12.8 Å². The van der Waals surface area contributed by atoms with E-state index in [2.05, 4.69) is 4.90 Å². The van der Waals surface area contributed by atoms with Gasteiger partial charge in [-0.25, -0.2) is 0 Å². The van der Waals surface area contributed by atoms with Gasteiger partial charge in [-0.05, 0) is 12.8 Å². The van der Waals surface area contributed by atoms with Gasteiger partial charge in [0.05, 0.1) is 17.2 Å². The summed E-state index contributed by atoms with van der Waals surface area (Å²) in [5, 5.41) is -0.215. The maximum absolute atomic E-state index is 13.1. The molecule has 2 fully saturated rings. The van der Waals surface area contributed by atoms with Crippen LogP contribution in [-0.2, 0) is 9.59 Å². The van der Waals surface area contributed by atoms with Gasteiger partial charge in [-0.2, -0.15) is 0 Å². The molecule has 2 aliphatic rings. The fourth-order valence-electron chi connectivity index (χ4n) is 3.85. The van der Waals surface area contributed by atoms with Crippen LogP contribution in [0.3, 0.4) is 0 Å². The molecule has 28 heavy (non-hydrogen) atoms. The molecule has 3 atom stereocenters. The van der Waals surface area contributed by atoms with Crippen molar-refractivity contribution < 1.29 is 9.59 Å². The molecule has 0 aromatic carbocycles. The number of thioether (sulfide) groups is 2. The molecule has 1 saturated heterocycles. The number of nitrogens with zero attached hydrogens (tertiary/aromatic N) is 1. The summed E-state index contributed by atoms with van der Waals surface area (Å²) in [7, 11) is 0. The molecular formula is C22H40N2O2S2. The summed E-state index contributed by atoms with van der Waals surface area (Å²) in [6, 6.07) is 0.419. The Bertz CT molecular complexity index is 546. The summed E-state index contributed by atoms with van der Waals surface area (Å²) in [6.45, 7) is 11.9. The first kappa shape index (κ1) is 24.2. The van der Waals surface area contributed by atoms with Gasteiger partial charge in [-0.15, -0.1) is 23.5 Å². The summed E-state index contributed by atoms with van der Waals surface area (Å²) >= 11 is 3.36. The Hall–Kier alpha value is -0.0400. The van der Waals surface area contributed by atoms with Gasteiger partial charge in [0, 0.05) is 16.9 Å². The van der Waals surface area contributed by atoms with Crippen LogP contribution in [0.5, 0.6) is 0 Å². The zero-order valence-electron chi connectivity index (χ0n) is 18.6. The highest BCUT2D eigenvalue weighted by atomic mass is 32.2. The minimum Gasteiger partial charge on any atom is -0.314 e. The van der Waals surface area contributed by atoms with Crippen LogP contribution < -0.4 is 5.73 Å². The molecule has 0 amide bonds. The van der Waals surface area contributed by atoms with Gasteiger partial charge in [-0.3, -0.25) is 14.5 Å². The van der Waals surface area contributed by atoms with Crippen LogP contribution >= 0.6 is 23.5 Å². The largest absolute Gasteiger partial charge is 0.314 e. The Labute approximate surface area is 180 Å². The third-order valence-corrected chi connectivity index (χ3v) is 8.81.